The van der Waals surface area contributed by atoms with Gasteiger partial charge in [0.2, 0.25) is 0 Å². The van der Waals surface area contributed by atoms with Crippen molar-refractivity contribution in [3.63, 3.8) is 0 Å². The second-order valence-electron chi connectivity index (χ2n) is 13.4. The highest BCUT2D eigenvalue weighted by Crippen LogP contribution is 2.59. The van der Waals surface area contributed by atoms with Crippen molar-refractivity contribution in [2.24, 2.45) is 0 Å². The molecule has 1 heteroatoms. The van der Waals surface area contributed by atoms with E-state index < -0.39 is 0 Å². The summed E-state index contributed by atoms with van der Waals surface area (Å²) in [5, 5.41) is 6.45. The molecule has 226 valence electrons. The third-order valence-corrected chi connectivity index (χ3v) is 10.8. The molecule has 0 fully saturated rings. The van der Waals surface area contributed by atoms with Crippen LogP contribution in [0.5, 0.6) is 0 Å². The lowest BCUT2D eigenvalue weighted by molar-refractivity contribution is 1.26. The molecule has 11 rings (SSSR count). The first kappa shape index (κ1) is 26.7. The molecule has 1 nitrogen and oxygen atoms in total. The van der Waals surface area contributed by atoms with E-state index in [1.807, 2.05) is 0 Å². The lowest BCUT2D eigenvalue weighted by atomic mass is 9.82. The first-order chi connectivity index (χ1) is 24.3. The second-order valence-corrected chi connectivity index (χ2v) is 13.4. The van der Waals surface area contributed by atoms with Crippen molar-refractivity contribution >= 4 is 32.4 Å². The van der Waals surface area contributed by atoms with Crippen LogP contribution in [0.25, 0.3) is 110 Å². The van der Waals surface area contributed by atoms with Gasteiger partial charge in [-0.3, -0.25) is 4.98 Å². The molecule has 0 spiro atoms. The standard InChI is InChI=1S/C48H29N/c1-28-27-40-31-17-8-9-18-34(31)45-37(25-26-41(49-28)46(40)45)32-23-24-39-44-33(32)21-12-22-38(44)47-42(29-13-4-2-5-14-29)35-19-10-11-20-36(35)43(48(39)47)30-15-6-3-7-16-30/h2-27H,1H3. The van der Waals surface area contributed by atoms with E-state index in [2.05, 4.69) is 165 Å². The Kier molecular flexibility index (Phi) is 5.38. The molecule has 2 aliphatic rings. The average Bonchev–Trinajstić information content (AvgIpc) is 3.66. The van der Waals surface area contributed by atoms with Gasteiger partial charge in [0.25, 0.3) is 0 Å². The molecule has 8 aromatic carbocycles. The van der Waals surface area contributed by atoms with Gasteiger partial charge in [-0.1, -0.05) is 146 Å². The maximum atomic E-state index is 4.99. The largest absolute Gasteiger partial charge is 0.253 e. The summed E-state index contributed by atoms with van der Waals surface area (Å²) < 4.78 is 0. The van der Waals surface area contributed by atoms with Crippen molar-refractivity contribution < 1.29 is 0 Å². The third kappa shape index (κ3) is 3.57. The number of nitrogens with zero attached hydrogens (tertiary/aromatic N) is 1. The summed E-state index contributed by atoms with van der Waals surface area (Å²) in [6.45, 7) is 2.10. The van der Waals surface area contributed by atoms with Crippen molar-refractivity contribution in [1.82, 2.24) is 4.98 Å². The predicted molar refractivity (Wildman–Crippen MR) is 207 cm³/mol. The smallest absolute Gasteiger partial charge is 0.0718 e. The van der Waals surface area contributed by atoms with E-state index >= 15 is 0 Å². The fourth-order valence-corrected chi connectivity index (χ4v) is 8.96. The Hall–Kier alpha value is -6.31. The molecule has 49 heavy (non-hydrogen) atoms. The van der Waals surface area contributed by atoms with Gasteiger partial charge < -0.3 is 0 Å². The van der Waals surface area contributed by atoms with Gasteiger partial charge in [-0.15, -0.1) is 0 Å². The number of rotatable bonds is 3. The van der Waals surface area contributed by atoms with Crippen molar-refractivity contribution in [3.05, 3.63) is 163 Å². The van der Waals surface area contributed by atoms with E-state index in [4.69, 9.17) is 4.98 Å². The van der Waals surface area contributed by atoms with Crippen molar-refractivity contribution in [2.45, 2.75) is 6.92 Å². The zero-order chi connectivity index (χ0) is 32.2. The van der Waals surface area contributed by atoms with Gasteiger partial charge in [0.15, 0.2) is 0 Å². The van der Waals surface area contributed by atoms with Gasteiger partial charge in [-0.05, 0) is 113 Å². The van der Waals surface area contributed by atoms with Crippen LogP contribution < -0.4 is 0 Å². The number of pyridine rings is 1. The molecule has 0 radical (unpaired) electrons. The monoisotopic (exact) mass is 619 g/mol. The minimum atomic E-state index is 1.05. The van der Waals surface area contributed by atoms with Crippen LogP contribution >= 0.6 is 0 Å². The summed E-state index contributed by atoms with van der Waals surface area (Å²) in [6.07, 6.45) is 0. The first-order valence-corrected chi connectivity index (χ1v) is 17.1. The van der Waals surface area contributed by atoms with Crippen molar-refractivity contribution in [1.29, 1.82) is 0 Å². The minimum absolute atomic E-state index is 1.05. The molecule has 2 aliphatic carbocycles. The van der Waals surface area contributed by atoms with Crippen molar-refractivity contribution in [2.75, 3.05) is 0 Å². The van der Waals surface area contributed by atoms with Gasteiger partial charge in [0, 0.05) is 16.6 Å². The number of benzene rings is 8. The molecule has 1 aromatic heterocycles. The van der Waals surface area contributed by atoms with Crippen LogP contribution in [0.4, 0.5) is 0 Å². The molecule has 0 N–H and O–H groups in total. The third-order valence-electron chi connectivity index (χ3n) is 10.8. The zero-order valence-corrected chi connectivity index (χ0v) is 27.0. The predicted octanol–water partition coefficient (Wildman–Crippen LogP) is 13.1. The summed E-state index contributed by atoms with van der Waals surface area (Å²) in [7, 11) is 0. The van der Waals surface area contributed by atoms with E-state index in [1.54, 1.807) is 0 Å². The highest BCUT2D eigenvalue weighted by atomic mass is 14.7. The number of hydrogen-bond donors (Lipinski definition) is 0. The summed E-state index contributed by atoms with van der Waals surface area (Å²) in [5.41, 5.74) is 20.2. The van der Waals surface area contributed by atoms with E-state index in [-0.39, 0.29) is 0 Å². The summed E-state index contributed by atoms with van der Waals surface area (Å²) in [6, 6.07) is 58.3. The van der Waals surface area contributed by atoms with E-state index in [1.165, 1.54) is 105 Å². The zero-order valence-electron chi connectivity index (χ0n) is 27.0. The van der Waals surface area contributed by atoms with Gasteiger partial charge in [0.05, 0.1) is 5.52 Å². The first-order valence-electron chi connectivity index (χ1n) is 17.1. The van der Waals surface area contributed by atoms with E-state index in [0.717, 1.165) is 11.2 Å². The summed E-state index contributed by atoms with van der Waals surface area (Å²) >= 11 is 0. The van der Waals surface area contributed by atoms with Gasteiger partial charge in [-0.2, -0.15) is 0 Å². The highest BCUT2D eigenvalue weighted by Gasteiger charge is 2.32. The SMILES string of the molecule is Cc1cc2c3c(c(-c4ccc5c6c(cccc46)-c4c-5c(-c5ccccc5)c5ccccc5c4-c4ccccc4)ccc3n1)-c1ccccc1-2. The van der Waals surface area contributed by atoms with Crippen LogP contribution in [0, 0.1) is 6.92 Å². The Morgan fingerprint density at radius 3 is 1.55 bits per heavy atom. The minimum Gasteiger partial charge on any atom is -0.253 e. The summed E-state index contributed by atoms with van der Waals surface area (Å²) in [5.74, 6) is 0. The molecular weight excluding hydrogens is 591 g/mol. The number of aromatic nitrogens is 1. The Labute approximate surface area is 284 Å². The molecule has 0 saturated carbocycles. The lowest BCUT2D eigenvalue weighted by Gasteiger charge is -2.20. The van der Waals surface area contributed by atoms with Gasteiger partial charge >= 0.3 is 0 Å². The summed E-state index contributed by atoms with van der Waals surface area (Å²) in [4.78, 5) is 4.99. The Bertz CT molecular complexity index is 2770. The Balaban J connectivity index is 1.28. The quantitative estimate of drug-likeness (QED) is 0.192. The molecule has 0 unspecified atom stereocenters. The molecule has 0 atom stereocenters. The normalized spacial score (nSPS) is 12.2. The Morgan fingerprint density at radius 2 is 0.857 bits per heavy atom. The molecule has 9 aromatic rings. The average molecular weight is 620 g/mol. The lowest BCUT2D eigenvalue weighted by Crippen LogP contribution is -1.93. The fraction of sp³-hybridized carbons (Fsp3) is 0.0208. The molecular formula is C48H29N. The van der Waals surface area contributed by atoms with E-state index in [0.29, 0.717) is 0 Å². The highest BCUT2D eigenvalue weighted by molar-refractivity contribution is 6.29. The number of aryl methyl sites for hydroxylation is 1. The number of fused-ring (bicyclic) bond motifs is 7. The fourth-order valence-electron chi connectivity index (χ4n) is 8.96. The molecule has 0 aliphatic heterocycles. The van der Waals surface area contributed by atoms with Gasteiger partial charge in [-0.25, -0.2) is 0 Å². The van der Waals surface area contributed by atoms with Crippen LogP contribution in [0.1, 0.15) is 5.69 Å². The van der Waals surface area contributed by atoms with Crippen LogP contribution in [0.3, 0.4) is 0 Å². The molecule has 1 heterocycles. The topological polar surface area (TPSA) is 12.9 Å². The maximum Gasteiger partial charge on any atom is 0.0718 e. The Morgan fingerprint density at radius 1 is 0.327 bits per heavy atom. The second kappa shape index (κ2) is 9.86. The van der Waals surface area contributed by atoms with Crippen molar-refractivity contribution in [3.8, 4) is 77.9 Å². The molecule has 0 saturated heterocycles. The maximum absolute atomic E-state index is 4.99. The van der Waals surface area contributed by atoms with Crippen LogP contribution in [-0.4, -0.2) is 4.98 Å². The van der Waals surface area contributed by atoms with E-state index in [9.17, 15) is 0 Å². The van der Waals surface area contributed by atoms with Crippen LogP contribution in [-0.2, 0) is 0 Å². The van der Waals surface area contributed by atoms with Gasteiger partial charge in [0.1, 0.15) is 0 Å². The van der Waals surface area contributed by atoms with Crippen LogP contribution in [0.15, 0.2) is 158 Å². The molecule has 0 bridgehead atoms. The molecule has 0 amide bonds. The van der Waals surface area contributed by atoms with Crippen LogP contribution in [0.2, 0.25) is 0 Å². The number of hydrogen-bond acceptors (Lipinski definition) is 1.